The number of benzene rings is 2. The van der Waals surface area contributed by atoms with Crippen LogP contribution in [0.25, 0.3) is 0 Å². The molecule has 2 aromatic carbocycles. The minimum Gasteiger partial charge on any atom is -0.486 e. The zero-order valence-electron chi connectivity index (χ0n) is 15.3. The minimum absolute atomic E-state index is 0.0609. The molecule has 1 amide bonds. The van der Waals surface area contributed by atoms with E-state index in [1.165, 1.54) is 23.1 Å². The Morgan fingerprint density at radius 2 is 2.10 bits per heavy atom. The lowest BCUT2D eigenvalue weighted by molar-refractivity contribution is -0.385. The second-order valence-electron chi connectivity index (χ2n) is 6.38. The van der Waals surface area contributed by atoms with Crippen LogP contribution >= 0.6 is 0 Å². The third kappa shape index (κ3) is 3.95. The molecule has 11 nitrogen and oxygen atoms in total. The highest BCUT2D eigenvalue weighted by molar-refractivity contribution is 7.86. The van der Waals surface area contributed by atoms with Crippen molar-refractivity contribution in [2.75, 3.05) is 24.7 Å². The Bertz CT molecular complexity index is 1150. The molecule has 2 aliphatic heterocycles. The molecule has 156 valence electrons. The van der Waals surface area contributed by atoms with Crippen LogP contribution in [-0.4, -0.2) is 51.5 Å². The van der Waals surface area contributed by atoms with Crippen LogP contribution in [-0.2, 0) is 19.0 Å². The first kappa shape index (κ1) is 19.8. The molecule has 0 aliphatic carbocycles. The molecule has 0 radical (unpaired) electrons. The van der Waals surface area contributed by atoms with E-state index in [4.69, 9.17) is 13.7 Å². The minimum atomic E-state index is -4.27. The van der Waals surface area contributed by atoms with E-state index in [1.54, 1.807) is 24.4 Å². The molecule has 0 N–H and O–H groups in total. The summed E-state index contributed by atoms with van der Waals surface area (Å²) in [5.41, 5.74) is 0.775. The summed E-state index contributed by atoms with van der Waals surface area (Å²) in [6.45, 7) is -0.0444. The second-order valence-corrected chi connectivity index (χ2v) is 8.00. The molecule has 0 spiro atoms. The Labute approximate surface area is 170 Å². The number of aliphatic imine (C=N–C) groups is 1. The molecule has 30 heavy (non-hydrogen) atoms. The summed E-state index contributed by atoms with van der Waals surface area (Å²) in [6.07, 6.45) is 0.123. The number of hydrogen-bond donors (Lipinski definition) is 0. The fourth-order valence-electron chi connectivity index (χ4n) is 2.96. The molecule has 2 aliphatic rings. The molecular formula is C18H15N3O8S. The largest absolute Gasteiger partial charge is 0.486 e. The van der Waals surface area contributed by atoms with E-state index < -0.39 is 33.8 Å². The zero-order valence-corrected chi connectivity index (χ0v) is 16.1. The maximum atomic E-state index is 12.3. The van der Waals surface area contributed by atoms with E-state index in [2.05, 4.69) is 4.99 Å². The molecule has 1 unspecified atom stereocenters. The first-order valence-corrected chi connectivity index (χ1v) is 10.2. The highest BCUT2D eigenvalue weighted by atomic mass is 32.2. The number of nitro benzene ring substituents is 1. The quantitative estimate of drug-likeness (QED) is 0.385. The molecular weight excluding hydrogens is 418 g/mol. The standard InChI is InChI=1S/C18H15N3O8S/c22-18-20(12-4-5-16-17(9-12)27-7-6-19-16)10-14(29-18)11-28-30(25,26)15-3-1-2-13(8-15)21(23)24/h1-6,8-9,14H,7,10-11H2. The number of nitrogens with zero attached hydrogens (tertiary/aromatic N) is 3. The van der Waals surface area contributed by atoms with Gasteiger partial charge in [0.05, 0.1) is 17.2 Å². The van der Waals surface area contributed by atoms with E-state index in [1.807, 2.05) is 0 Å². The van der Waals surface area contributed by atoms with Crippen molar-refractivity contribution in [3.8, 4) is 5.75 Å². The lowest BCUT2D eigenvalue weighted by atomic mass is 10.2. The van der Waals surface area contributed by atoms with Gasteiger partial charge in [0.25, 0.3) is 15.8 Å². The number of rotatable bonds is 6. The number of ether oxygens (including phenoxy) is 2. The molecule has 0 aromatic heterocycles. The summed E-state index contributed by atoms with van der Waals surface area (Å²) < 4.78 is 40.3. The fourth-order valence-corrected chi connectivity index (χ4v) is 3.94. The Balaban J connectivity index is 1.43. The summed E-state index contributed by atoms with van der Waals surface area (Å²) in [5.74, 6) is 0.524. The van der Waals surface area contributed by atoms with Crippen LogP contribution in [0.15, 0.2) is 52.4 Å². The van der Waals surface area contributed by atoms with Gasteiger partial charge in [-0.05, 0) is 18.2 Å². The van der Waals surface area contributed by atoms with Crippen LogP contribution < -0.4 is 9.64 Å². The van der Waals surface area contributed by atoms with Gasteiger partial charge >= 0.3 is 6.09 Å². The van der Waals surface area contributed by atoms with Crippen molar-refractivity contribution < 1.29 is 31.8 Å². The number of hydrogen-bond acceptors (Lipinski definition) is 9. The van der Waals surface area contributed by atoms with Gasteiger partial charge in [-0.3, -0.25) is 24.2 Å². The van der Waals surface area contributed by atoms with Gasteiger partial charge in [0.15, 0.2) is 0 Å². The Hall–Kier alpha value is -3.51. The van der Waals surface area contributed by atoms with E-state index in [0.29, 0.717) is 23.7 Å². The normalized spacial score (nSPS) is 17.9. The predicted molar refractivity (Wildman–Crippen MR) is 104 cm³/mol. The predicted octanol–water partition coefficient (Wildman–Crippen LogP) is 2.42. The van der Waals surface area contributed by atoms with Gasteiger partial charge in [-0.25, -0.2) is 4.79 Å². The molecule has 1 atom stereocenters. The highest BCUT2D eigenvalue weighted by Gasteiger charge is 2.34. The number of anilines is 1. The Morgan fingerprint density at radius 3 is 2.90 bits per heavy atom. The second kappa shape index (κ2) is 7.72. The average molecular weight is 433 g/mol. The van der Waals surface area contributed by atoms with Crippen LogP contribution in [0.1, 0.15) is 0 Å². The topological polar surface area (TPSA) is 138 Å². The number of nitro groups is 1. The van der Waals surface area contributed by atoms with E-state index in [-0.39, 0.29) is 17.1 Å². The average Bonchev–Trinajstić information content (AvgIpc) is 3.12. The Kier molecular flexibility index (Phi) is 5.10. The van der Waals surface area contributed by atoms with Crippen LogP contribution in [0.2, 0.25) is 0 Å². The maximum absolute atomic E-state index is 12.3. The monoisotopic (exact) mass is 433 g/mol. The molecule has 12 heteroatoms. The third-order valence-electron chi connectivity index (χ3n) is 4.40. The number of carbonyl (C=O) groups excluding carboxylic acids is 1. The molecule has 1 saturated heterocycles. The van der Waals surface area contributed by atoms with Gasteiger partial charge in [-0.15, -0.1) is 0 Å². The van der Waals surface area contributed by atoms with Crippen molar-refractivity contribution >= 4 is 39.5 Å². The van der Waals surface area contributed by atoms with Crippen LogP contribution in [0.5, 0.6) is 5.75 Å². The van der Waals surface area contributed by atoms with Gasteiger partial charge in [-0.1, -0.05) is 6.07 Å². The molecule has 0 bridgehead atoms. The summed E-state index contributed by atoms with van der Waals surface area (Å²) in [4.78, 5) is 27.5. The SMILES string of the molecule is O=C1OC(COS(=O)(=O)c2cccc([N+](=O)[O-])c2)CN1c1ccc2c(c1)OCC=N2. The van der Waals surface area contributed by atoms with Crippen molar-refractivity contribution in [3.05, 3.63) is 52.6 Å². The Morgan fingerprint density at radius 1 is 1.27 bits per heavy atom. The number of amides is 1. The van der Waals surface area contributed by atoms with E-state index >= 15 is 0 Å². The lowest BCUT2D eigenvalue weighted by Gasteiger charge is -2.17. The first-order valence-electron chi connectivity index (χ1n) is 8.75. The maximum Gasteiger partial charge on any atom is 0.414 e. The summed E-state index contributed by atoms with van der Waals surface area (Å²) in [5, 5.41) is 10.8. The van der Waals surface area contributed by atoms with Gasteiger partial charge in [0, 0.05) is 24.4 Å². The van der Waals surface area contributed by atoms with E-state index in [0.717, 1.165) is 6.07 Å². The number of fused-ring (bicyclic) bond motifs is 1. The highest BCUT2D eigenvalue weighted by Crippen LogP contribution is 2.35. The van der Waals surface area contributed by atoms with Crippen LogP contribution in [0.4, 0.5) is 21.9 Å². The molecule has 2 aromatic rings. The lowest BCUT2D eigenvalue weighted by Crippen LogP contribution is -2.26. The summed E-state index contributed by atoms with van der Waals surface area (Å²) >= 11 is 0. The molecule has 0 saturated carbocycles. The van der Waals surface area contributed by atoms with E-state index in [9.17, 15) is 23.3 Å². The molecule has 2 heterocycles. The van der Waals surface area contributed by atoms with Gasteiger partial charge in [-0.2, -0.15) is 8.42 Å². The van der Waals surface area contributed by atoms with Gasteiger partial charge < -0.3 is 9.47 Å². The summed E-state index contributed by atoms with van der Waals surface area (Å²) in [6, 6.07) is 9.52. The van der Waals surface area contributed by atoms with Gasteiger partial charge in [0.1, 0.15) is 35.7 Å². The fraction of sp³-hybridized carbons (Fsp3) is 0.222. The smallest absolute Gasteiger partial charge is 0.414 e. The van der Waals surface area contributed by atoms with Crippen molar-refractivity contribution in [2.45, 2.75) is 11.0 Å². The van der Waals surface area contributed by atoms with Crippen LogP contribution in [0, 0.1) is 10.1 Å². The number of carbonyl (C=O) groups is 1. The van der Waals surface area contributed by atoms with Crippen LogP contribution in [0.3, 0.4) is 0 Å². The summed E-state index contributed by atoms with van der Waals surface area (Å²) in [7, 11) is -4.27. The first-order chi connectivity index (χ1) is 14.3. The third-order valence-corrected chi connectivity index (χ3v) is 5.68. The van der Waals surface area contributed by atoms with Crippen molar-refractivity contribution in [2.24, 2.45) is 4.99 Å². The molecule has 4 rings (SSSR count). The van der Waals surface area contributed by atoms with Crippen molar-refractivity contribution in [1.29, 1.82) is 0 Å². The molecule has 1 fully saturated rings. The van der Waals surface area contributed by atoms with Gasteiger partial charge in [0.2, 0.25) is 0 Å². The van der Waals surface area contributed by atoms with Crippen molar-refractivity contribution in [3.63, 3.8) is 0 Å². The number of non-ortho nitro benzene ring substituents is 1. The van der Waals surface area contributed by atoms with Crippen molar-refractivity contribution in [1.82, 2.24) is 0 Å². The zero-order chi connectivity index (χ0) is 21.3. The number of cyclic esters (lactones) is 1.